The van der Waals surface area contributed by atoms with Crippen molar-refractivity contribution >= 4 is 27.7 Å². The molecule has 0 saturated heterocycles. The van der Waals surface area contributed by atoms with Gasteiger partial charge in [-0.25, -0.2) is 0 Å². The smallest absolute Gasteiger partial charge is 0.261 e. The van der Waals surface area contributed by atoms with Crippen LogP contribution in [0.15, 0.2) is 61.1 Å². The summed E-state index contributed by atoms with van der Waals surface area (Å²) in [6, 6.07) is 10.2. The number of allylic oxidation sites excluding steroid dienone is 2. The first kappa shape index (κ1) is 18.3. The Kier molecular flexibility index (Phi) is 7.44. The predicted molar refractivity (Wildman–Crippen MR) is 101 cm³/mol. The molecule has 1 aromatic heterocycles. The van der Waals surface area contributed by atoms with Crippen LogP contribution in [0.5, 0.6) is 0 Å². The molecule has 23 heavy (non-hydrogen) atoms. The Bertz CT molecular complexity index is 632. The van der Waals surface area contributed by atoms with E-state index in [1.54, 1.807) is 11.8 Å². The summed E-state index contributed by atoms with van der Waals surface area (Å²) in [5.74, 6) is 1.64. The maximum Gasteiger partial charge on any atom is 0.261 e. The van der Waals surface area contributed by atoms with Crippen LogP contribution in [0, 0.1) is 5.92 Å². The van der Waals surface area contributed by atoms with Gasteiger partial charge < -0.3 is 4.42 Å². The van der Waals surface area contributed by atoms with E-state index in [2.05, 4.69) is 59.9 Å². The van der Waals surface area contributed by atoms with Gasteiger partial charge in [-0.3, -0.25) is 0 Å². The molecule has 0 fully saturated rings. The highest BCUT2D eigenvalue weighted by Crippen LogP contribution is 2.31. The molecule has 1 heterocycles. The van der Waals surface area contributed by atoms with Gasteiger partial charge in [-0.15, -0.1) is 0 Å². The first-order valence-corrected chi connectivity index (χ1v) is 9.67. The van der Waals surface area contributed by atoms with Crippen LogP contribution < -0.4 is 0 Å². The second-order valence-electron chi connectivity index (χ2n) is 6.11. The van der Waals surface area contributed by atoms with E-state index in [0.29, 0.717) is 11.1 Å². The fourth-order valence-corrected chi connectivity index (χ4v) is 3.61. The highest BCUT2D eigenvalue weighted by atomic mass is 79.9. The van der Waals surface area contributed by atoms with Crippen LogP contribution in [0.1, 0.15) is 45.8 Å². The number of rotatable bonds is 8. The Morgan fingerprint density at radius 1 is 1.26 bits per heavy atom. The Balaban J connectivity index is 1.85. The van der Waals surface area contributed by atoms with Gasteiger partial charge in [0.25, 0.3) is 5.22 Å². The zero-order valence-electron chi connectivity index (χ0n) is 14.0. The maximum absolute atomic E-state index is 5.90. The summed E-state index contributed by atoms with van der Waals surface area (Å²) in [6.07, 6.45) is 6.76. The van der Waals surface area contributed by atoms with Gasteiger partial charge in [0.05, 0.1) is 0 Å². The molecule has 1 aromatic carbocycles. The van der Waals surface area contributed by atoms with E-state index in [1.807, 2.05) is 18.2 Å². The topological polar surface area (TPSA) is 26.0 Å². The van der Waals surface area contributed by atoms with E-state index in [4.69, 9.17) is 4.42 Å². The summed E-state index contributed by atoms with van der Waals surface area (Å²) in [5, 5.41) is 0.704. The lowest BCUT2D eigenvalue weighted by molar-refractivity contribution is 0.393. The molecule has 1 atom stereocenters. The first-order chi connectivity index (χ1) is 11.0. The Morgan fingerprint density at radius 3 is 2.70 bits per heavy atom. The van der Waals surface area contributed by atoms with Gasteiger partial charge in [0.2, 0.25) is 0 Å². The van der Waals surface area contributed by atoms with Gasteiger partial charge >= 0.3 is 0 Å². The van der Waals surface area contributed by atoms with Crippen molar-refractivity contribution in [2.45, 2.75) is 56.6 Å². The second kappa shape index (κ2) is 9.33. The molecule has 2 nitrogen and oxygen atoms in total. The summed E-state index contributed by atoms with van der Waals surface area (Å²) < 4.78 is 6.74. The molecule has 0 saturated carbocycles. The summed E-state index contributed by atoms with van der Waals surface area (Å²) in [5.41, 5.74) is 1.40. The molecule has 0 N–H and O–H groups in total. The van der Waals surface area contributed by atoms with E-state index < -0.39 is 0 Å². The van der Waals surface area contributed by atoms with Crippen molar-refractivity contribution in [2.24, 2.45) is 5.92 Å². The van der Waals surface area contributed by atoms with E-state index in [-0.39, 0.29) is 0 Å². The highest BCUT2D eigenvalue weighted by molar-refractivity contribution is 9.10. The fourth-order valence-electron chi connectivity index (χ4n) is 2.28. The van der Waals surface area contributed by atoms with Crippen LogP contribution in [0.4, 0.5) is 0 Å². The number of hydrogen-bond donors (Lipinski definition) is 0. The number of halogens is 1. The third kappa shape index (κ3) is 6.56. The average Bonchev–Trinajstić information content (AvgIpc) is 2.85. The molecule has 0 bridgehead atoms. The summed E-state index contributed by atoms with van der Waals surface area (Å²) >= 11 is 5.08. The van der Waals surface area contributed by atoms with Crippen molar-refractivity contribution < 1.29 is 4.42 Å². The molecular weight excluding hydrogens is 370 g/mol. The van der Waals surface area contributed by atoms with Gasteiger partial charge in [0.1, 0.15) is 10.4 Å². The molecule has 0 amide bonds. The van der Waals surface area contributed by atoms with Crippen molar-refractivity contribution in [3.8, 4) is 0 Å². The molecule has 2 rings (SSSR count). The van der Waals surface area contributed by atoms with Crippen molar-refractivity contribution in [2.75, 3.05) is 0 Å². The molecule has 0 aliphatic heterocycles. The average molecular weight is 394 g/mol. The summed E-state index contributed by atoms with van der Waals surface area (Å²) in [6.45, 7) is 6.62. The second-order valence-corrected chi connectivity index (χ2v) is 7.89. The monoisotopic (exact) mass is 393 g/mol. The molecule has 0 spiro atoms. The maximum atomic E-state index is 5.90. The molecule has 0 unspecified atom stereocenters. The lowest BCUT2D eigenvalue weighted by Gasteiger charge is -2.08. The van der Waals surface area contributed by atoms with Crippen LogP contribution in [0.2, 0.25) is 0 Å². The molecule has 0 radical (unpaired) electrons. The number of aryl methyl sites for hydroxylation is 1. The zero-order valence-corrected chi connectivity index (χ0v) is 16.4. The van der Waals surface area contributed by atoms with Gasteiger partial charge in [-0.05, 0) is 78.9 Å². The standard InChI is InChI=1S/C19H24BrNOS/c1-14(2)8-7-9-15(3)12-13-17-18(20)21-19(22-17)23-16-10-5-4-6-11-16/h4-6,8,10-11,15H,7,9,12-13H2,1-3H3/t15-/m1/s1. The van der Waals surface area contributed by atoms with E-state index >= 15 is 0 Å². The minimum absolute atomic E-state index is 0.688. The van der Waals surface area contributed by atoms with Gasteiger partial charge in [-0.1, -0.05) is 36.8 Å². The Labute approximate surface area is 151 Å². The molecule has 2 aromatic rings. The quantitative estimate of drug-likeness (QED) is 0.455. The number of aromatic nitrogens is 1. The van der Waals surface area contributed by atoms with Gasteiger partial charge in [-0.2, -0.15) is 4.98 Å². The minimum atomic E-state index is 0.688. The zero-order chi connectivity index (χ0) is 16.7. The molecule has 0 aliphatic carbocycles. The van der Waals surface area contributed by atoms with Crippen LogP contribution in [0.3, 0.4) is 0 Å². The van der Waals surface area contributed by atoms with E-state index in [0.717, 1.165) is 34.5 Å². The Morgan fingerprint density at radius 2 is 2.00 bits per heavy atom. The van der Waals surface area contributed by atoms with Crippen LogP contribution in [-0.4, -0.2) is 4.98 Å². The van der Waals surface area contributed by atoms with Gasteiger partial charge in [0, 0.05) is 11.3 Å². The molecule has 4 heteroatoms. The molecular formula is C19H24BrNOS. The SMILES string of the molecule is CC(C)=CCC[C@@H](C)CCc1oc(Sc2ccccc2)nc1Br. The highest BCUT2D eigenvalue weighted by Gasteiger charge is 2.13. The van der Waals surface area contributed by atoms with E-state index in [1.165, 1.54) is 12.0 Å². The largest absolute Gasteiger partial charge is 0.435 e. The predicted octanol–water partition coefficient (Wildman–Crippen LogP) is 6.90. The molecule has 124 valence electrons. The Hall–Kier alpha value is -1.00. The fraction of sp³-hybridized carbons (Fsp3) is 0.421. The van der Waals surface area contributed by atoms with Crippen LogP contribution >= 0.6 is 27.7 Å². The number of hydrogen-bond acceptors (Lipinski definition) is 3. The first-order valence-electron chi connectivity index (χ1n) is 8.06. The molecule has 0 aliphatic rings. The third-order valence-electron chi connectivity index (χ3n) is 3.65. The van der Waals surface area contributed by atoms with E-state index in [9.17, 15) is 0 Å². The van der Waals surface area contributed by atoms with Crippen molar-refractivity contribution in [1.29, 1.82) is 0 Å². The number of benzene rings is 1. The summed E-state index contributed by atoms with van der Waals surface area (Å²) in [7, 11) is 0. The lowest BCUT2D eigenvalue weighted by atomic mass is 9.98. The third-order valence-corrected chi connectivity index (χ3v) is 5.13. The number of oxazole rings is 1. The van der Waals surface area contributed by atoms with Crippen molar-refractivity contribution in [1.82, 2.24) is 4.98 Å². The number of nitrogens with zero attached hydrogens (tertiary/aromatic N) is 1. The lowest BCUT2D eigenvalue weighted by Crippen LogP contribution is -1.97. The van der Waals surface area contributed by atoms with Crippen LogP contribution in [-0.2, 0) is 6.42 Å². The van der Waals surface area contributed by atoms with Crippen molar-refractivity contribution in [3.63, 3.8) is 0 Å². The van der Waals surface area contributed by atoms with Crippen LogP contribution in [0.25, 0.3) is 0 Å². The summed E-state index contributed by atoms with van der Waals surface area (Å²) in [4.78, 5) is 5.61. The van der Waals surface area contributed by atoms with Gasteiger partial charge in [0.15, 0.2) is 0 Å². The minimum Gasteiger partial charge on any atom is -0.435 e. The normalized spacial score (nSPS) is 12.2. The van der Waals surface area contributed by atoms with Crippen molar-refractivity contribution in [3.05, 3.63) is 52.3 Å².